The molecule has 1 aromatic carbocycles. The Bertz CT molecular complexity index is 645. The van der Waals surface area contributed by atoms with Crippen molar-refractivity contribution in [3.63, 3.8) is 0 Å². The van der Waals surface area contributed by atoms with E-state index in [1.54, 1.807) is 12.1 Å². The molecule has 122 valence electrons. The predicted octanol–water partition coefficient (Wildman–Crippen LogP) is 4.61. The average molecular weight is 368 g/mol. The summed E-state index contributed by atoms with van der Waals surface area (Å²) in [7, 11) is 0. The van der Waals surface area contributed by atoms with Gasteiger partial charge in [-0.3, -0.25) is 4.79 Å². The molecule has 0 unspecified atom stereocenters. The summed E-state index contributed by atoms with van der Waals surface area (Å²) in [6.45, 7) is 0.345. The van der Waals surface area contributed by atoms with Crippen LogP contribution in [0.4, 0.5) is 0 Å². The number of thiocarbonyl (C=S) groups is 1. The molecule has 1 aliphatic carbocycles. The normalized spacial score (nSPS) is 16.4. The van der Waals surface area contributed by atoms with Crippen molar-refractivity contribution in [2.45, 2.75) is 38.5 Å². The first-order valence-corrected chi connectivity index (χ1v) is 8.85. The van der Waals surface area contributed by atoms with Crippen molar-refractivity contribution in [1.29, 1.82) is 0 Å². The topological polar surface area (TPSA) is 29.1 Å². The fourth-order valence-corrected chi connectivity index (χ4v) is 3.44. The van der Waals surface area contributed by atoms with Gasteiger partial charge in [0.05, 0.1) is 10.0 Å². The quantitative estimate of drug-likeness (QED) is 0.608. The number of hydrogen-bond donors (Lipinski definition) is 1. The molecule has 0 saturated heterocycles. The lowest BCUT2D eigenvalue weighted by Gasteiger charge is -2.31. The zero-order valence-corrected chi connectivity index (χ0v) is 15.2. The van der Waals surface area contributed by atoms with Crippen molar-refractivity contribution in [1.82, 2.24) is 5.32 Å². The molecule has 1 amide bonds. The molecule has 0 spiro atoms. The van der Waals surface area contributed by atoms with Crippen molar-refractivity contribution in [3.8, 4) is 12.3 Å². The Hall–Kier alpha value is -1.08. The fourth-order valence-electron chi connectivity index (χ4n) is 2.88. The van der Waals surface area contributed by atoms with Gasteiger partial charge in [-0.05, 0) is 30.5 Å². The highest BCUT2D eigenvalue weighted by Gasteiger charge is 2.37. The summed E-state index contributed by atoms with van der Waals surface area (Å²) < 4.78 is 0. The van der Waals surface area contributed by atoms with Crippen molar-refractivity contribution in [2.24, 2.45) is 5.41 Å². The number of carbonyl (C=O) groups is 1. The van der Waals surface area contributed by atoms with Crippen LogP contribution in [0.2, 0.25) is 10.0 Å². The number of hydrogen-bond acceptors (Lipinski definition) is 2. The second kappa shape index (κ2) is 8.15. The van der Waals surface area contributed by atoms with Gasteiger partial charge in [-0.2, -0.15) is 0 Å². The van der Waals surface area contributed by atoms with Gasteiger partial charge in [-0.1, -0.05) is 66.7 Å². The van der Waals surface area contributed by atoms with Crippen molar-refractivity contribution >= 4 is 46.2 Å². The summed E-state index contributed by atoms with van der Waals surface area (Å²) in [6, 6.07) is 5.42. The first-order valence-electron chi connectivity index (χ1n) is 7.68. The van der Waals surface area contributed by atoms with Gasteiger partial charge in [-0.25, -0.2) is 0 Å². The van der Waals surface area contributed by atoms with Crippen LogP contribution in [-0.2, 0) is 11.2 Å². The molecule has 1 saturated carbocycles. The van der Waals surface area contributed by atoms with Gasteiger partial charge < -0.3 is 5.32 Å². The van der Waals surface area contributed by atoms with Gasteiger partial charge in [0.15, 0.2) is 0 Å². The number of amides is 1. The van der Waals surface area contributed by atoms with Gasteiger partial charge >= 0.3 is 0 Å². The Morgan fingerprint density at radius 1 is 1.26 bits per heavy atom. The van der Waals surface area contributed by atoms with E-state index in [2.05, 4.69) is 11.2 Å². The first-order chi connectivity index (χ1) is 11.0. The van der Waals surface area contributed by atoms with E-state index in [9.17, 15) is 4.79 Å². The van der Waals surface area contributed by atoms with Crippen molar-refractivity contribution in [2.75, 3.05) is 6.54 Å². The van der Waals surface area contributed by atoms with Gasteiger partial charge in [0.25, 0.3) is 0 Å². The minimum atomic E-state index is -0.655. The summed E-state index contributed by atoms with van der Waals surface area (Å²) in [5.74, 6) is 2.64. The summed E-state index contributed by atoms with van der Waals surface area (Å²) in [5.41, 5.74) is 0.320. The second-order valence-electron chi connectivity index (χ2n) is 5.93. The van der Waals surface area contributed by atoms with Crippen LogP contribution in [0.1, 0.15) is 37.7 Å². The van der Waals surface area contributed by atoms with Crippen LogP contribution >= 0.6 is 35.4 Å². The van der Waals surface area contributed by atoms with Crippen LogP contribution in [-0.4, -0.2) is 17.3 Å². The Morgan fingerprint density at radius 2 is 1.96 bits per heavy atom. The monoisotopic (exact) mass is 367 g/mol. The van der Waals surface area contributed by atoms with Crippen molar-refractivity contribution in [3.05, 3.63) is 33.8 Å². The van der Waals surface area contributed by atoms with Crippen LogP contribution in [0, 0.1) is 17.8 Å². The molecule has 1 fully saturated rings. The standard InChI is InChI=1S/C18H19Cl2NOS/c1-2-18(8-4-3-5-9-18)17(22)21-12-14(23)10-13-6-7-15(19)16(20)11-13/h1,6-7,11H,3-5,8-10,12H2,(H,21,22). The molecule has 5 heteroatoms. The minimum Gasteiger partial charge on any atom is -0.350 e. The van der Waals surface area contributed by atoms with Crippen molar-refractivity contribution < 1.29 is 4.79 Å². The van der Waals surface area contributed by atoms with Gasteiger partial charge in [0.2, 0.25) is 5.91 Å². The summed E-state index contributed by atoms with van der Waals surface area (Å²) in [4.78, 5) is 13.2. The van der Waals surface area contributed by atoms with Crippen LogP contribution < -0.4 is 5.32 Å². The molecule has 0 aliphatic heterocycles. The molecule has 2 nitrogen and oxygen atoms in total. The Kier molecular flexibility index (Phi) is 6.47. The van der Waals surface area contributed by atoms with E-state index in [4.69, 9.17) is 41.8 Å². The molecule has 0 radical (unpaired) electrons. The highest BCUT2D eigenvalue weighted by molar-refractivity contribution is 7.80. The van der Waals surface area contributed by atoms with Gasteiger partial charge in [0, 0.05) is 17.8 Å². The third-order valence-corrected chi connectivity index (χ3v) is 5.28. The number of nitrogens with one attached hydrogen (secondary N) is 1. The summed E-state index contributed by atoms with van der Waals surface area (Å²) >= 11 is 17.3. The molecular formula is C18H19Cl2NOS. The van der Waals surface area contributed by atoms with E-state index in [-0.39, 0.29) is 5.91 Å². The smallest absolute Gasteiger partial charge is 0.238 e. The van der Waals surface area contributed by atoms with Crippen LogP contribution in [0.3, 0.4) is 0 Å². The molecular weight excluding hydrogens is 349 g/mol. The lowest BCUT2D eigenvalue weighted by Crippen LogP contribution is -2.43. The Labute approximate surface area is 152 Å². The minimum absolute atomic E-state index is 0.0730. The van der Waals surface area contributed by atoms with E-state index >= 15 is 0 Å². The van der Waals surface area contributed by atoms with Crippen LogP contribution in [0.25, 0.3) is 0 Å². The largest absolute Gasteiger partial charge is 0.350 e. The van der Waals surface area contributed by atoms with E-state index in [0.717, 1.165) is 42.5 Å². The number of rotatable bonds is 5. The number of carbonyl (C=O) groups excluding carboxylic acids is 1. The molecule has 0 bridgehead atoms. The van der Waals surface area contributed by atoms with Crippen LogP contribution in [0.5, 0.6) is 0 Å². The fraction of sp³-hybridized carbons (Fsp3) is 0.444. The molecule has 1 aliphatic rings. The lowest BCUT2D eigenvalue weighted by molar-refractivity contribution is -0.129. The number of terminal acetylenes is 1. The van der Waals surface area contributed by atoms with E-state index in [1.807, 2.05) is 6.07 Å². The van der Waals surface area contributed by atoms with E-state index in [1.165, 1.54) is 0 Å². The summed E-state index contributed by atoms with van der Waals surface area (Å²) in [5, 5.41) is 3.93. The second-order valence-corrected chi connectivity index (χ2v) is 7.33. The Balaban J connectivity index is 1.89. The van der Waals surface area contributed by atoms with Gasteiger partial charge in [0.1, 0.15) is 5.41 Å². The maximum atomic E-state index is 12.5. The molecule has 0 heterocycles. The van der Waals surface area contributed by atoms with E-state index < -0.39 is 5.41 Å². The molecule has 2 rings (SSSR count). The Morgan fingerprint density at radius 3 is 2.57 bits per heavy atom. The highest BCUT2D eigenvalue weighted by atomic mass is 35.5. The highest BCUT2D eigenvalue weighted by Crippen LogP contribution is 2.35. The third kappa shape index (κ3) is 4.70. The van der Waals surface area contributed by atoms with Crippen LogP contribution in [0.15, 0.2) is 18.2 Å². The zero-order valence-electron chi connectivity index (χ0n) is 12.8. The first kappa shape index (κ1) is 18.3. The van der Waals surface area contributed by atoms with Gasteiger partial charge in [-0.15, -0.1) is 6.42 Å². The predicted molar refractivity (Wildman–Crippen MR) is 100 cm³/mol. The molecule has 23 heavy (non-hydrogen) atoms. The molecule has 0 atom stereocenters. The van der Waals surface area contributed by atoms with E-state index in [0.29, 0.717) is 23.0 Å². The zero-order chi connectivity index (χ0) is 16.9. The average Bonchev–Trinajstić information content (AvgIpc) is 2.56. The molecule has 1 N–H and O–H groups in total. The molecule has 1 aromatic rings. The number of halogens is 2. The summed E-state index contributed by atoms with van der Waals surface area (Å²) in [6.07, 6.45) is 10.9. The molecule has 0 aromatic heterocycles. The number of benzene rings is 1. The third-order valence-electron chi connectivity index (χ3n) is 4.25. The SMILES string of the molecule is C#CC1(C(=O)NCC(=S)Cc2ccc(Cl)c(Cl)c2)CCCCC1. The maximum Gasteiger partial charge on any atom is 0.238 e. The lowest BCUT2D eigenvalue weighted by atomic mass is 9.74. The maximum absolute atomic E-state index is 12.5.